The summed E-state index contributed by atoms with van der Waals surface area (Å²) in [5.74, 6) is -5.18. The van der Waals surface area contributed by atoms with Crippen LogP contribution in [0, 0.1) is 10.8 Å². The number of hydrogen-bond acceptors (Lipinski definition) is 10. The number of ketones is 2. The van der Waals surface area contributed by atoms with Crippen molar-refractivity contribution in [2.24, 2.45) is 11.1 Å². The first-order valence-corrected chi connectivity index (χ1v) is 15.8. The fourth-order valence-corrected chi connectivity index (χ4v) is 7.60. The van der Waals surface area contributed by atoms with Gasteiger partial charge in [-0.25, -0.2) is 13.4 Å². The molecule has 1 aromatic heterocycles. The number of hydrogen-bond donors (Lipinski definition) is 1. The van der Waals surface area contributed by atoms with Crippen LogP contribution in [0.5, 0.6) is 0 Å². The molecule has 1 aliphatic rings. The Labute approximate surface area is 260 Å². The molecule has 0 radical (unpaired) electrons. The van der Waals surface area contributed by atoms with E-state index in [0.717, 1.165) is 16.7 Å². The molecule has 1 amide bonds. The van der Waals surface area contributed by atoms with Crippen molar-refractivity contribution in [1.29, 1.82) is 0 Å². The molecule has 1 N–H and O–H groups in total. The number of amides is 1. The largest absolute Gasteiger partial charge is 0.481 e. The summed E-state index contributed by atoms with van der Waals surface area (Å²) in [4.78, 5) is 67.6. The van der Waals surface area contributed by atoms with E-state index in [1.54, 1.807) is 12.1 Å². The molecule has 0 spiro atoms. The third-order valence-corrected chi connectivity index (χ3v) is 10.5. The zero-order chi connectivity index (χ0) is 31.6. The van der Waals surface area contributed by atoms with Gasteiger partial charge >= 0.3 is 5.97 Å². The number of carboxylic acid groups (broad SMARTS) is 1. The van der Waals surface area contributed by atoms with Crippen molar-refractivity contribution < 1.29 is 32.7 Å². The molecule has 11 nitrogen and oxygen atoms in total. The molecular formula is C30H22ClN3O8S2. The Morgan fingerprint density at radius 3 is 2.39 bits per heavy atom. The van der Waals surface area contributed by atoms with Crippen LogP contribution >= 0.6 is 22.9 Å². The van der Waals surface area contributed by atoms with Gasteiger partial charge in [0, 0.05) is 17.0 Å². The lowest BCUT2D eigenvalue weighted by Crippen LogP contribution is -2.30. The van der Waals surface area contributed by atoms with Crippen LogP contribution in [0.25, 0.3) is 0 Å². The number of anilines is 1. The monoisotopic (exact) mass is 651 g/mol. The predicted molar refractivity (Wildman–Crippen MR) is 161 cm³/mol. The number of aryl methyl sites for hydroxylation is 1. The van der Waals surface area contributed by atoms with E-state index in [0.29, 0.717) is 29.2 Å². The zero-order valence-electron chi connectivity index (χ0n) is 22.6. The third-order valence-electron chi connectivity index (χ3n) is 7.07. The molecule has 14 heteroatoms. The standard InChI is InChI=1S/C30H22ClN3O8S2/c31-20-11-9-18(10-12-20)27(37)25-26(19-4-2-5-21(15-19)33-40)34(29(39)28(25)38)30-32-16-24(43-30)44(41,42)22-13-7-17(8-14-22)3-1-6-23(35)36/h2,4-5,7-16,25-26H,1,3,6H2,(H,35,36). The van der Waals surface area contributed by atoms with Gasteiger partial charge in [-0.15, -0.1) is 4.91 Å². The van der Waals surface area contributed by atoms with Crippen LogP contribution in [-0.4, -0.2) is 42.0 Å². The number of carbonyl (C=O) groups is 4. The van der Waals surface area contributed by atoms with Crippen molar-refractivity contribution in [1.82, 2.24) is 4.98 Å². The first kappa shape index (κ1) is 30.9. The van der Waals surface area contributed by atoms with Gasteiger partial charge < -0.3 is 5.11 Å². The third kappa shape index (κ3) is 6.07. The number of halogens is 1. The smallest absolute Gasteiger partial charge is 0.303 e. The van der Waals surface area contributed by atoms with E-state index >= 15 is 0 Å². The number of carbonyl (C=O) groups excluding carboxylic acids is 3. The van der Waals surface area contributed by atoms with E-state index in [1.165, 1.54) is 60.7 Å². The number of Topliss-reactive ketones (excluding diaryl/α,β-unsaturated/α-hetero) is 2. The number of benzene rings is 3. The quantitative estimate of drug-likeness (QED) is 0.0940. The minimum absolute atomic E-state index is 0.000697. The first-order chi connectivity index (χ1) is 21.0. The number of rotatable bonds is 11. The maximum atomic E-state index is 13.6. The van der Waals surface area contributed by atoms with Gasteiger partial charge in [-0.2, -0.15) is 0 Å². The number of sulfone groups is 1. The molecule has 0 saturated carbocycles. The van der Waals surface area contributed by atoms with Crippen LogP contribution in [0.4, 0.5) is 10.8 Å². The summed E-state index contributed by atoms with van der Waals surface area (Å²) in [5.41, 5.74) is 1.15. The summed E-state index contributed by atoms with van der Waals surface area (Å²) >= 11 is 6.61. The Morgan fingerprint density at radius 2 is 1.73 bits per heavy atom. The Morgan fingerprint density at radius 1 is 1.02 bits per heavy atom. The fraction of sp³-hybridized carbons (Fsp3) is 0.167. The number of nitroso groups, excluding NO2 is 1. The lowest BCUT2D eigenvalue weighted by atomic mass is 9.86. The van der Waals surface area contributed by atoms with E-state index in [4.69, 9.17) is 16.7 Å². The van der Waals surface area contributed by atoms with Crippen LogP contribution in [0.2, 0.25) is 5.02 Å². The number of carboxylic acids is 1. The molecule has 44 heavy (non-hydrogen) atoms. The fourth-order valence-electron chi connectivity index (χ4n) is 4.92. The highest BCUT2D eigenvalue weighted by atomic mass is 35.5. The molecular weight excluding hydrogens is 630 g/mol. The second-order valence-electron chi connectivity index (χ2n) is 9.88. The average molecular weight is 652 g/mol. The Kier molecular flexibility index (Phi) is 8.81. The maximum Gasteiger partial charge on any atom is 0.303 e. The Hall–Kier alpha value is -4.59. The van der Waals surface area contributed by atoms with Gasteiger partial charge in [0.25, 0.3) is 5.91 Å². The molecule has 0 aliphatic carbocycles. The van der Waals surface area contributed by atoms with Gasteiger partial charge in [-0.3, -0.25) is 24.1 Å². The highest BCUT2D eigenvalue weighted by molar-refractivity contribution is 7.93. The lowest BCUT2D eigenvalue weighted by Gasteiger charge is -2.25. The number of aromatic nitrogens is 1. The van der Waals surface area contributed by atoms with Crippen molar-refractivity contribution in [2.75, 3.05) is 4.90 Å². The molecule has 2 atom stereocenters. The van der Waals surface area contributed by atoms with Crippen molar-refractivity contribution in [2.45, 2.75) is 34.4 Å². The topological polar surface area (TPSA) is 168 Å². The Bertz CT molecular complexity index is 1890. The van der Waals surface area contributed by atoms with Gasteiger partial charge in [-0.05, 0) is 77.7 Å². The summed E-state index contributed by atoms with van der Waals surface area (Å²) in [7, 11) is -4.10. The number of thiazole rings is 1. The normalized spacial score (nSPS) is 16.7. The average Bonchev–Trinajstić information content (AvgIpc) is 3.60. The molecule has 0 bridgehead atoms. The highest BCUT2D eigenvalue weighted by Crippen LogP contribution is 2.44. The molecule has 1 fully saturated rings. The van der Waals surface area contributed by atoms with Gasteiger partial charge in [0.05, 0.1) is 17.1 Å². The van der Waals surface area contributed by atoms with Gasteiger partial charge in [0.15, 0.2) is 10.9 Å². The van der Waals surface area contributed by atoms with Crippen molar-refractivity contribution in [3.05, 3.63) is 106 Å². The Balaban J connectivity index is 1.51. The maximum absolute atomic E-state index is 13.6. The molecule has 224 valence electrons. The van der Waals surface area contributed by atoms with Crippen molar-refractivity contribution in [3.63, 3.8) is 0 Å². The molecule has 3 aromatic carbocycles. The van der Waals surface area contributed by atoms with Crippen LogP contribution in [0.15, 0.2) is 93.3 Å². The molecule has 1 saturated heterocycles. The van der Waals surface area contributed by atoms with Crippen LogP contribution < -0.4 is 4.90 Å². The number of aliphatic carboxylic acids is 1. The van der Waals surface area contributed by atoms with E-state index in [-0.39, 0.29) is 37.5 Å². The van der Waals surface area contributed by atoms with Crippen LogP contribution in [-0.2, 0) is 30.6 Å². The summed E-state index contributed by atoms with van der Waals surface area (Å²) in [6, 6.07) is 16.3. The summed E-state index contributed by atoms with van der Waals surface area (Å²) in [5, 5.41) is 12.0. The molecule has 4 aromatic rings. The summed E-state index contributed by atoms with van der Waals surface area (Å²) in [6.07, 6.45) is 1.92. The second-order valence-corrected chi connectivity index (χ2v) is 13.5. The van der Waals surface area contributed by atoms with Gasteiger partial charge in [0.1, 0.15) is 15.8 Å². The predicted octanol–water partition coefficient (Wildman–Crippen LogP) is 5.59. The second kappa shape index (κ2) is 12.6. The molecule has 2 heterocycles. The molecule has 2 unspecified atom stereocenters. The van der Waals surface area contributed by atoms with Crippen LogP contribution in [0.1, 0.15) is 40.4 Å². The van der Waals surface area contributed by atoms with E-state index in [2.05, 4.69) is 10.2 Å². The van der Waals surface area contributed by atoms with E-state index in [9.17, 15) is 32.5 Å². The van der Waals surface area contributed by atoms with Crippen molar-refractivity contribution in [3.8, 4) is 0 Å². The minimum atomic E-state index is -4.10. The lowest BCUT2D eigenvalue weighted by molar-refractivity contribution is -0.137. The molecule has 1 aliphatic heterocycles. The van der Waals surface area contributed by atoms with Crippen LogP contribution in [0.3, 0.4) is 0 Å². The van der Waals surface area contributed by atoms with E-state index in [1.807, 2.05) is 0 Å². The minimum Gasteiger partial charge on any atom is -0.481 e. The van der Waals surface area contributed by atoms with Gasteiger partial charge in [0.2, 0.25) is 15.6 Å². The SMILES string of the molecule is O=Nc1cccc(C2C(C(=O)c3ccc(Cl)cc3)C(=O)C(=O)N2c2ncc(S(=O)(=O)c3ccc(CCCC(=O)O)cc3)s2)c1. The zero-order valence-corrected chi connectivity index (χ0v) is 25.0. The first-order valence-electron chi connectivity index (χ1n) is 13.1. The summed E-state index contributed by atoms with van der Waals surface area (Å²) in [6.45, 7) is 0. The number of nitrogens with zero attached hydrogens (tertiary/aromatic N) is 3. The van der Waals surface area contributed by atoms with Gasteiger partial charge in [-0.1, -0.05) is 47.2 Å². The molecule has 5 rings (SSSR count). The van der Waals surface area contributed by atoms with Crippen molar-refractivity contribution >= 4 is 67.0 Å². The highest BCUT2D eigenvalue weighted by Gasteiger charge is 2.53. The van der Waals surface area contributed by atoms with E-state index < -0.39 is 45.2 Å². The summed E-state index contributed by atoms with van der Waals surface area (Å²) < 4.78 is 26.7.